The zero-order valence-corrected chi connectivity index (χ0v) is 10.1. The van der Waals surface area contributed by atoms with Gasteiger partial charge in [-0.1, -0.05) is 0 Å². The summed E-state index contributed by atoms with van der Waals surface area (Å²) >= 11 is 0. The molecule has 0 atom stereocenters. The van der Waals surface area contributed by atoms with Crippen molar-refractivity contribution >= 4 is 11.7 Å². The average molecular weight is 235 g/mol. The molecule has 1 aliphatic rings. The summed E-state index contributed by atoms with van der Waals surface area (Å²) in [6.45, 7) is 5.74. The molecule has 17 heavy (non-hydrogen) atoms. The highest BCUT2D eigenvalue weighted by Crippen LogP contribution is 2.18. The molecule has 2 N–H and O–H groups in total. The lowest BCUT2D eigenvalue weighted by atomic mass is 10.1. The van der Waals surface area contributed by atoms with Gasteiger partial charge in [0.25, 0.3) is 5.91 Å². The fraction of sp³-hybridized carbons (Fsp3) is 0.500. The Labute approximate surface area is 101 Å². The molecule has 1 fully saturated rings. The lowest BCUT2D eigenvalue weighted by Crippen LogP contribution is -2.50. The number of anilines is 1. The van der Waals surface area contributed by atoms with Gasteiger partial charge in [-0.05, 0) is 26.0 Å². The van der Waals surface area contributed by atoms with Crippen LogP contribution in [0.5, 0.6) is 0 Å². The maximum Gasteiger partial charge on any atom is 0.255 e. The van der Waals surface area contributed by atoms with Crippen molar-refractivity contribution in [1.29, 1.82) is 0 Å². The molecule has 0 aliphatic carbocycles. The van der Waals surface area contributed by atoms with Crippen LogP contribution in [0.1, 0.15) is 24.2 Å². The number of amides is 1. The van der Waals surface area contributed by atoms with Crippen LogP contribution in [0.4, 0.5) is 5.82 Å². The van der Waals surface area contributed by atoms with Gasteiger partial charge in [-0.3, -0.25) is 4.79 Å². The fourth-order valence-electron chi connectivity index (χ4n) is 1.90. The quantitative estimate of drug-likeness (QED) is 0.785. The second-order valence-electron chi connectivity index (χ2n) is 4.81. The van der Waals surface area contributed by atoms with Crippen LogP contribution in [0.25, 0.3) is 0 Å². The normalized spacial score (nSPS) is 19.1. The molecule has 0 unspecified atom stereocenters. The first-order valence-corrected chi connectivity index (χ1v) is 5.63. The van der Waals surface area contributed by atoms with E-state index in [1.54, 1.807) is 17.0 Å². The molecule has 1 aromatic rings. The van der Waals surface area contributed by atoms with Gasteiger partial charge >= 0.3 is 0 Å². The molecule has 1 amide bonds. The van der Waals surface area contributed by atoms with Gasteiger partial charge in [0.2, 0.25) is 0 Å². The molecule has 0 aromatic carbocycles. The SMILES string of the molecule is CC1(C)CN(C(=O)c2ccc(N)nc2)CCO1. The van der Waals surface area contributed by atoms with E-state index >= 15 is 0 Å². The number of nitrogens with zero attached hydrogens (tertiary/aromatic N) is 2. The Balaban J connectivity index is 2.12. The first-order chi connectivity index (χ1) is 7.98. The van der Waals surface area contributed by atoms with Crippen molar-refractivity contribution in [3.8, 4) is 0 Å². The summed E-state index contributed by atoms with van der Waals surface area (Å²) in [5, 5.41) is 0. The number of pyridine rings is 1. The second kappa shape index (κ2) is 4.33. The summed E-state index contributed by atoms with van der Waals surface area (Å²) in [7, 11) is 0. The average Bonchev–Trinajstić information content (AvgIpc) is 2.28. The standard InChI is InChI=1S/C12H17N3O2/c1-12(2)8-15(5-6-17-12)11(16)9-3-4-10(13)14-7-9/h3-4,7H,5-6,8H2,1-2H3,(H2,13,14). The first kappa shape index (κ1) is 11.9. The van der Waals surface area contributed by atoms with Crippen LogP contribution >= 0.6 is 0 Å². The number of ether oxygens (including phenoxy) is 1. The fourth-order valence-corrected chi connectivity index (χ4v) is 1.90. The first-order valence-electron chi connectivity index (χ1n) is 5.63. The van der Waals surface area contributed by atoms with Crippen molar-refractivity contribution in [2.45, 2.75) is 19.4 Å². The third-order valence-corrected chi connectivity index (χ3v) is 2.75. The van der Waals surface area contributed by atoms with Crippen LogP contribution < -0.4 is 5.73 Å². The molecular formula is C12H17N3O2. The topological polar surface area (TPSA) is 68.5 Å². The summed E-state index contributed by atoms with van der Waals surface area (Å²) in [5.41, 5.74) is 5.78. The van der Waals surface area contributed by atoms with Crippen molar-refractivity contribution in [3.05, 3.63) is 23.9 Å². The number of hydrogen-bond donors (Lipinski definition) is 1. The van der Waals surface area contributed by atoms with Gasteiger partial charge in [-0.15, -0.1) is 0 Å². The summed E-state index contributed by atoms with van der Waals surface area (Å²) < 4.78 is 5.57. The van der Waals surface area contributed by atoms with Crippen molar-refractivity contribution in [3.63, 3.8) is 0 Å². The van der Waals surface area contributed by atoms with Crippen LogP contribution in [0.3, 0.4) is 0 Å². The lowest BCUT2D eigenvalue weighted by molar-refractivity contribution is -0.0764. The largest absolute Gasteiger partial charge is 0.384 e. The molecule has 0 spiro atoms. The number of carbonyl (C=O) groups excluding carboxylic acids is 1. The Morgan fingerprint density at radius 1 is 1.53 bits per heavy atom. The third-order valence-electron chi connectivity index (χ3n) is 2.75. The molecule has 1 aromatic heterocycles. The van der Waals surface area contributed by atoms with E-state index in [2.05, 4.69) is 4.98 Å². The lowest BCUT2D eigenvalue weighted by Gasteiger charge is -2.38. The predicted octanol–water partition coefficient (Wildman–Crippen LogP) is 0.915. The monoisotopic (exact) mass is 235 g/mol. The Morgan fingerprint density at radius 2 is 2.29 bits per heavy atom. The van der Waals surface area contributed by atoms with Gasteiger partial charge in [0, 0.05) is 19.3 Å². The molecule has 0 saturated carbocycles. The number of nitrogen functional groups attached to an aromatic ring is 1. The number of rotatable bonds is 1. The smallest absolute Gasteiger partial charge is 0.255 e. The number of carbonyl (C=O) groups is 1. The van der Waals surface area contributed by atoms with E-state index in [4.69, 9.17) is 10.5 Å². The van der Waals surface area contributed by atoms with Crippen LogP contribution in [-0.2, 0) is 4.74 Å². The van der Waals surface area contributed by atoms with Crippen molar-refractivity contribution in [2.24, 2.45) is 0 Å². The minimum atomic E-state index is -0.283. The third kappa shape index (κ3) is 2.74. The maximum atomic E-state index is 12.2. The summed E-state index contributed by atoms with van der Waals surface area (Å²) in [5.74, 6) is 0.401. The van der Waals surface area contributed by atoms with E-state index in [1.807, 2.05) is 13.8 Å². The molecule has 2 heterocycles. The highest BCUT2D eigenvalue weighted by Gasteiger charge is 2.30. The molecular weight excluding hydrogens is 218 g/mol. The predicted molar refractivity (Wildman–Crippen MR) is 64.6 cm³/mol. The van der Waals surface area contributed by atoms with E-state index in [0.717, 1.165) is 0 Å². The number of morpholine rings is 1. The van der Waals surface area contributed by atoms with Gasteiger partial charge in [0.15, 0.2) is 0 Å². The van der Waals surface area contributed by atoms with Gasteiger partial charge in [-0.2, -0.15) is 0 Å². The van der Waals surface area contributed by atoms with Gasteiger partial charge in [0.05, 0.1) is 17.8 Å². The van der Waals surface area contributed by atoms with E-state index in [0.29, 0.717) is 31.1 Å². The highest BCUT2D eigenvalue weighted by atomic mass is 16.5. The van der Waals surface area contributed by atoms with E-state index in [9.17, 15) is 4.79 Å². The Morgan fingerprint density at radius 3 is 2.88 bits per heavy atom. The molecule has 1 saturated heterocycles. The minimum absolute atomic E-state index is 0.0196. The molecule has 5 nitrogen and oxygen atoms in total. The minimum Gasteiger partial charge on any atom is -0.384 e. The van der Waals surface area contributed by atoms with Gasteiger partial charge < -0.3 is 15.4 Å². The van der Waals surface area contributed by atoms with Gasteiger partial charge in [0.1, 0.15) is 5.82 Å². The van der Waals surface area contributed by atoms with Crippen molar-refractivity contribution in [2.75, 3.05) is 25.4 Å². The van der Waals surface area contributed by atoms with Crippen LogP contribution in [0.2, 0.25) is 0 Å². The number of aromatic nitrogens is 1. The van der Waals surface area contributed by atoms with Crippen LogP contribution in [0, 0.1) is 0 Å². The Hall–Kier alpha value is -1.62. The van der Waals surface area contributed by atoms with Crippen molar-refractivity contribution < 1.29 is 9.53 Å². The summed E-state index contributed by atoms with van der Waals surface area (Å²) in [6, 6.07) is 3.34. The van der Waals surface area contributed by atoms with E-state index in [-0.39, 0.29) is 11.5 Å². The highest BCUT2D eigenvalue weighted by molar-refractivity contribution is 5.94. The van der Waals surface area contributed by atoms with Crippen LogP contribution in [-0.4, -0.2) is 41.1 Å². The number of hydrogen-bond acceptors (Lipinski definition) is 4. The van der Waals surface area contributed by atoms with E-state index < -0.39 is 0 Å². The summed E-state index contributed by atoms with van der Waals surface area (Å²) in [4.78, 5) is 17.9. The van der Waals surface area contributed by atoms with Crippen LogP contribution in [0.15, 0.2) is 18.3 Å². The molecule has 1 aliphatic heterocycles. The zero-order valence-electron chi connectivity index (χ0n) is 10.1. The Bertz CT molecular complexity index is 414. The van der Waals surface area contributed by atoms with Gasteiger partial charge in [-0.25, -0.2) is 4.98 Å². The summed E-state index contributed by atoms with van der Waals surface area (Å²) in [6.07, 6.45) is 1.51. The zero-order chi connectivity index (χ0) is 12.5. The molecule has 92 valence electrons. The molecule has 5 heteroatoms. The second-order valence-corrected chi connectivity index (χ2v) is 4.81. The maximum absolute atomic E-state index is 12.2. The number of nitrogens with two attached hydrogens (primary N) is 1. The molecule has 0 radical (unpaired) electrons. The van der Waals surface area contributed by atoms with E-state index in [1.165, 1.54) is 6.20 Å². The van der Waals surface area contributed by atoms with Crippen molar-refractivity contribution in [1.82, 2.24) is 9.88 Å². The molecule has 0 bridgehead atoms. The Kier molecular flexibility index (Phi) is 3.02. The molecule has 2 rings (SSSR count).